The van der Waals surface area contributed by atoms with Gasteiger partial charge in [0.05, 0.1) is 6.04 Å². The van der Waals surface area contributed by atoms with Crippen molar-refractivity contribution in [2.24, 2.45) is 17.8 Å². The minimum absolute atomic E-state index is 0.0257. The molecule has 3 unspecified atom stereocenters. The van der Waals surface area contributed by atoms with Crippen molar-refractivity contribution in [2.45, 2.75) is 52.8 Å². The number of carbonyl (C=O) groups excluding carboxylic acids is 2. The molecule has 0 aromatic heterocycles. The smallest absolute Gasteiger partial charge is 0.475 e. The molecule has 0 spiro atoms. The maximum atomic E-state index is 13.2. The monoisotopic (exact) mass is 575 g/mol. The molecule has 2 aromatic carbocycles. The number of alkyl halides is 3. The minimum Gasteiger partial charge on any atom is -0.475 e. The maximum Gasteiger partial charge on any atom is 0.490 e. The molecule has 2 amide bonds. The number of rotatable bonds is 8. The van der Waals surface area contributed by atoms with Crippen molar-refractivity contribution in [3.63, 3.8) is 0 Å². The van der Waals surface area contributed by atoms with E-state index in [1.165, 1.54) is 5.56 Å². The Balaban J connectivity index is 0.000000587. The molecular formula is C31H40F3N3O4. The van der Waals surface area contributed by atoms with Gasteiger partial charge in [0.1, 0.15) is 0 Å². The summed E-state index contributed by atoms with van der Waals surface area (Å²) in [6.07, 6.45) is -3.34. The van der Waals surface area contributed by atoms with Gasteiger partial charge in [-0.25, -0.2) is 4.79 Å². The third kappa shape index (κ3) is 8.55. The number of carboxylic acid groups (broad SMARTS) is 1. The molecule has 4 atom stereocenters. The maximum absolute atomic E-state index is 13.2. The highest BCUT2D eigenvalue weighted by molar-refractivity contribution is 5.97. The predicted molar refractivity (Wildman–Crippen MR) is 150 cm³/mol. The van der Waals surface area contributed by atoms with E-state index >= 15 is 0 Å². The molecule has 0 bridgehead atoms. The summed E-state index contributed by atoms with van der Waals surface area (Å²) in [7, 11) is 0. The van der Waals surface area contributed by atoms with Crippen LogP contribution in [0.3, 0.4) is 0 Å². The van der Waals surface area contributed by atoms with Gasteiger partial charge in [0, 0.05) is 44.2 Å². The van der Waals surface area contributed by atoms with Gasteiger partial charge in [-0.15, -0.1) is 0 Å². The lowest BCUT2D eigenvalue weighted by molar-refractivity contribution is -0.192. The second-order valence-corrected chi connectivity index (χ2v) is 11.1. The Kier molecular flexibility index (Phi) is 11.0. The number of amides is 2. The second-order valence-electron chi connectivity index (χ2n) is 11.1. The number of hydrogen-bond donors (Lipinski definition) is 2. The first-order chi connectivity index (χ1) is 19.3. The number of halogens is 3. The van der Waals surface area contributed by atoms with Crippen LogP contribution in [0.1, 0.15) is 59.8 Å². The fraction of sp³-hybridized carbons (Fsp3) is 0.516. The van der Waals surface area contributed by atoms with Crippen molar-refractivity contribution < 1.29 is 32.7 Å². The molecule has 2 N–H and O–H groups in total. The Bertz CT molecular complexity index is 1170. The van der Waals surface area contributed by atoms with Crippen LogP contribution >= 0.6 is 0 Å². The molecule has 2 fully saturated rings. The van der Waals surface area contributed by atoms with E-state index in [1.54, 1.807) is 0 Å². The van der Waals surface area contributed by atoms with E-state index in [4.69, 9.17) is 9.90 Å². The number of benzene rings is 2. The van der Waals surface area contributed by atoms with Crippen LogP contribution in [0.2, 0.25) is 0 Å². The van der Waals surface area contributed by atoms with Crippen molar-refractivity contribution in [3.8, 4) is 0 Å². The van der Waals surface area contributed by atoms with Crippen molar-refractivity contribution in [2.75, 3.05) is 32.7 Å². The van der Waals surface area contributed by atoms with E-state index in [-0.39, 0.29) is 23.8 Å². The normalized spacial score (nSPS) is 20.0. The molecule has 10 heteroatoms. The first kappa shape index (κ1) is 32.1. The van der Waals surface area contributed by atoms with Crippen LogP contribution in [0.4, 0.5) is 13.2 Å². The highest BCUT2D eigenvalue weighted by atomic mass is 19.4. The standard InChI is InChI=1S/C29H39N3O2.C2HF3O2/c1-5-20(2)28(33)30-26(23-12-7-6-8-13-23)14-15-31-16-24-18-32(19-25(24)17-31)29(34)27-21(3)10-9-11-22(27)4;3-2(4,5)1(6)7/h6-13,20,24-26H,5,14-19H2,1-4H3,(H,30,33);(H,6,7)/t20?,24-,25?,26?;/m0./s1. The van der Waals surface area contributed by atoms with Gasteiger partial charge in [-0.3, -0.25) is 9.59 Å². The number of fused-ring (bicyclic) bond motifs is 1. The van der Waals surface area contributed by atoms with E-state index < -0.39 is 12.1 Å². The minimum atomic E-state index is -5.08. The quantitative estimate of drug-likeness (QED) is 0.450. The van der Waals surface area contributed by atoms with Gasteiger partial charge in [-0.1, -0.05) is 62.4 Å². The molecule has 4 rings (SSSR count). The SMILES string of the molecule is CCC(C)C(=O)NC(CCN1CC2CN(C(=O)c3c(C)cccc3C)C[C@@H]2C1)c1ccccc1.O=C(O)C(F)(F)F. The van der Waals surface area contributed by atoms with Crippen LogP contribution in [0, 0.1) is 31.6 Å². The molecule has 2 heterocycles. The Morgan fingerprint density at radius 2 is 1.49 bits per heavy atom. The predicted octanol–water partition coefficient (Wildman–Crippen LogP) is 5.23. The lowest BCUT2D eigenvalue weighted by Crippen LogP contribution is -2.36. The zero-order valence-electron chi connectivity index (χ0n) is 24.1. The Labute approximate surface area is 239 Å². The number of nitrogens with zero attached hydrogens (tertiary/aromatic N) is 2. The summed E-state index contributed by atoms with van der Waals surface area (Å²) in [4.78, 5) is 39.3. The summed E-state index contributed by atoms with van der Waals surface area (Å²) in [5.41, 5.74) is 4.18. The third-order valence-electron chi connectivity index (χ3n) is 8.10. The van der Waals surface area contributed by atoms with E-state index in [0.29, 0.717) is 11.8 Å². The summed E-state index contributed by atoms with van der Waals surface area (Å²) < 4.78 is 31.7. The molecular weight excluding hydrogens is 535 g/mol. The molecule has 0 radical (unpaired) electrons. The Hall–Kier alpha value is -3.40. The summed E-state index contributed by atoms with van der Waals surface area (Å²) in [6, 6.07) is 16.4. The Morgan fingerprint density at radius 3 is 1.98 bits per heavy atom. The average molecular weight is 576 g/mol. The second kappa shape index (κ2) is 14.0. The van der Waals surface area contributed by atoms with Gasteiger partial charge in [0.25, 0.3) is 5.91 Å². The molecule has 0 aliphatic carbocycles. The van der Waals surface area contributed by atoms with Crippen molar-refractivity contribution >= 4 is 17.8 Å². The molecule has 2 aliphatic rings. The molecule has 2 saturated heterocycles. The summed E-state index contributed by atoms with van der Waals surface area (Å²) in [5.74, 6) is -1.33. The summed E-state index contributed by atoms with van der Waals surface area (Å²) in [6.45, 7) is 12.8. The molecule has 224 valence electrons. The number of aryl methyl sites for hydroxylation is 2. The number of aliphatic carboxylic acids is 1. The van der Waals surface area contributed by atoms with Crippen LogP contribution in [-0.4, -0.2) is 71.6 Å². The van der Waals surface area contributed by atoms with E-state index in [1.807, 2.05) is 57.2 Å². The lowest BCUT2D eigenvalue weighted by atomic mass is 10.0. The van der Waals surface area contributed by atoms with E-state index in [0.717, 1.165) is 62.3 Å². The molecule has 2 aliphatic heterocycles. The molecule has 7 nitrogen and oxygen atoms in total. The number of likely N-dealkylation sites (tertiary alicyclic amines) is 2. The number of nitrogens with one attached hydrogen (secondary N) is 1. The van der Waals surface area contributed by atoms with Gasteiger partial charge in [-0.2, -0.15) is 13.2 Å². The zero-order valence-corrected chi connectivity index (χ0v) is 24.1. The topological polar surface area (TPSA) is 90.0 Å². The van der Waals surface area contributed by atoms with E-state index in [9.17, 15) is 22.8 Å². The number of carboxylic acids is 1. The van der Waals surface area contributed by atoms with Crippen LogP contribution < -0.4 is 5.32 Å². The van der Waals surface area contributed by atoms with Crippen LogP contribution in [0.5, 0.6) is 0 Å². The van der Waals surface area contributed by atoms with Crippen molar-refractivity contribution in [3.05, 3.63) is 70.8 Å². The molecule has 2 aromatic rings. The average Bonchev–Trinajstić information content (AvgIpc) is 3.50. The third-order valence-corrected chi connectivity index (χ3v) is 8.10. The molecule has 41 heavy (non-hydrogen) atoms. The van der Waals surface area contributed by atoms with Crippen molar-refractivity contribution in [1.29, 1.82) is 0 Å². The van der Waals surface area contributed by atoms with Gasteiger partial charge >= 0.3 is 12.1 Å². The number of hydrogen-bond acceptors (Lipinski definition) is 4. The first-order valence-corrected chi connectivity index (χ1v) is 14.0. The van der Waals surface area contributed by atoms with Gasteiger partial charge in [0.15, 0.2) is 0 Å². The Morgan fingerprint density at radius 1 is 0.951 bits per heavy atom. The first-order valence-electron chi connectivity index (χ1n) is 14.0. The van der Waals surface area contributed by atoms with E-state index in [2.05, 4.69) is 34.2 Å². The van der Waals surface area contributed by atoms with Crippen LogP contribution in [0.25, 0.3) is 0 Å². The number of carbonyl (C=O) groups is 3. The fourth-order valence-electron chi connectivity index (χ4n) is 5.57. The van der Waals surface area contributed by atoms with Gasteiger partial charge in [0.2, 0.25) is 5.91 Å². The largest absolute Gasteiger partial charge is 0.490 e. The summed E-state index contributed by atoms with van der Waals surface area (Å²) in [5, 5.41) is 10.4. The highest BCUT2D eigenvalue weighted by Crippen LogP contribution is 2.33. The zero-order chi connectivity index (χ0) is 30.3. The van der Waals surface area contributed by atoms with Crippen LogP contribution in [-0.2, 0) is 9.59 Å². The van der Waals surface area contributed by atoms with Crippen LogP contribution in [0.15, 0.2) is 48.5 Å². The fourth-order valence-corrected chi connectivity index (χ4v) is 5.57. The van der Waals surface area contributed by atoms with Gasteiger partial charge in [-0.05, 0) is 55.2 Å². The lowest BCUT2D eigenvalue weighted by Gasteiger charge is -2.26. The molecule has 0 saturated carbocycles. The summed E-state index contributed by atoms with van der Waals surface area (Å²) >= 11 is 0. The van der Waals surface area contributed by atoms with Crippen molar-refractivity contribution in [1.82, 2.24) is 15.1 Å². The van der Waals surface area contributed by atoms with Gasteiger partial charge < -0.3 is 20.2 Å². The highest BCUT2D eigenvalue weighted by Gasteiger charge is 2.42.